The van der Waals surface area contributed by atoms with Crippen LogP contribution in [0.25, 0.3) is 10.8 Å². The second kappa shape index (κ2) is 16.5. The van der Waals surface area contributed by atoms with Gasteiger partial charge >= 0.3 is 17.9 Å². The Kier molecular flexibility index (Phi) is 12.5. The van der Waals surface area contributed by atoms with Crippen LogP contribution >= 0.6 is 0 Å². The van der Waals surface area contributed by atoms with Crippen molar-refractivity contribution in [2.24, 2.45) is 0 Å². The van der Waals surface area contributed by atoms with Gasteiger partial charge in [-0.25, -0.2) is 9.59 Å². The van der Waals surface area contributed by atoms with E-state index in [2.05, 4.69) is 15.4 Å². The van der Waals surface area contributed by atoms with E-state index in [1.165, 1.54) is 19.2 Å². The summed E-state index contributed by atoms with van der Waals surface area (Å²) in [5.74, 6) is -2.97. The largest absolute Gasteiger partial charge is 0.469 e. The van der Waals surface area contributed by atoms with Gasteiger partial charge in [0.1, 0.15) is 11.8 Å². The fraction of sp³-hybridized carbons (Fsp3) is 0.344. The van der Waals surface area contributed by atoms with Gasteiger partial charge in [0.05, 0.1) is 26.7 Å². The van der Waals surface area contributed by atoms with Gasteiger partial charge in [0.15, 0.2) is 0 Å². The number of esters is 3. The van der Waals surface area contributed by atoms with Gasteiger partial charge in [-0.2, -0.15) is 0 Å². The molecule has 0 aliphatic carbocycles. The lowest BCUT2D eigenvalue weighted by atomic mass is 10.0. The number of hydrogen-bond donors (Lipinski definition) is 2. The highest BCUT2D eigenvalue weighted by Crippen LogP contribution is 2.19. The number of nitrogens with one attached hydrogen (secondary N) is 2. The Bertz CT molecular complexity index is 1400. The molecule has 1 atom stereocenters. The highest BCUT2D eigenvalue weighted by atomic mass is 16.6. The van der Waals surface area contributed by atoms with Crippen molar-refractivity contribution in [3.8, 4) is 5.75 Å². The van der Waals surface area contributed by atoms with Crippen molar-refractivity contribution in [2.45, 2.75) is 51.8 Å². The molecule has 3 rings (SSSR count). The van der Waals surface area contributed by atoms with E-state index < -0.39 is 41.9 Å². The monoisotopic (exact) mass is 592 g/mol. The van der Waals surface area contributed by atoms with Crippen LogP contribution in [0.1, 0.15) is 37.8 Å². The molecule has 0 aliphatic heterocycles. The first-order valence-electron chi connectivity index (χ1n) is 13.9. The molecule has 2 N–H and O–H groups in total. The first-order valence-corrected chi connectivity index (χ1v) is 13.9. The molecule has 3 aromatic carbocycles. The van der Waals surface area contributed by atoms with Crippen molar-refractivity contribution in [3.63, 3.8) is 0 Å². The maximum absolute atomic E-state index is 13.3. The van der Waals surface area contributed by atoms with Gasteiger partial charge in [0.25, 0.3) is 6.10 Å². The molecule has 228 valence electrons. The zero-order chi connectivity index (χ0) is 31.2. The molecule has 0 bridgehead atoms. The van der Waals surface area contributed by atoms with Crippen LogP contribution in [0.4, 0.5) is 0 Å². The summed E-state index contributed by atoms with van der Waals surface area (Å²) in [5.41, 5.74) is 1.58. The Morgan fingerprint density at radius 1 is 0.791 bits per heavy atom. The molecule has 3 aromatic rings. The van der Waals surface area contributed by atoms with Crippen LogP contribution < -0.4 is 15.4 Å². The fourth-order valence-electron chi connectivity index (χ4n) is 4.25. The van der Waals surface area contributed by atoms with Gasteiger partial charge < -0.3 is 29.6 Å². The number of carbonyl (C=O) groups is 5. The predicted molar refractivity (Wildman–Crippen MR) is 157 cm³/mol. The summed E-state index contributed by atoms with van der Waals surface area (Å²) < 4.78 is 20.0. The van der Waals surface area contributed by atoms with E-state index >= 15 is 0 Å². The number of amides is 2. The van der Waals surface area contributed by atoms with E-state index in [4.69, 9.17) is 14.2 Å². The van der Waals surface area contributed by atoms with Gasteiger partial charge in [-0.3, -0.25) is 14.4 Å². The van der Waals surface area contributed by atoms with Crippen LogP contribution in [0.15, 0.2) is 66.7 Å². The van der Waals surface area contributed by atoms with E-state index in [0.29, 0.717) is 5.56 Å². The average Bonchev–Trinajstić information content (AvgIpc) is 3.01. The van der Waals surface area contributed by atoms with Crippen molar-refractivity contribution >= 4 is 40.5 Å². The van der Waals surface area contributed by atoms with E-state index in [1.54, 1.807) is 26.0 Å². The molecule has 11 heteroatoms. The summed E-state index contributed by atoms with van der Waals surface area (Å²) in [6.45, 7) is 3.58. The maximum atomic E-state index is 13.3. The zero-order valence-corrected chi connectivity index (χ0v) is 24.4. The van der Waals surface area contributed by atoms with Gasteiger partial charge in [-0.15, -0.1) is 0 Å². The molecular weight excluding hydrogens is 556 g/mol. The molecule has 2 amide bonds. The molecule has 43 heavy (non-hydrogen) atoms. The molecule has 0 heterocycles. The van der Waals surface area contributed by atoms with Gasteiger partial charge in [-0.05, 0) is 47.9 Å². The third-order valence-corrected chi connectivity index (χ3v) is 6.39. The average molecular weight is 593 g/mol. The van der Waals surface area contributed by atoms with Crippen molar-refractivity contribution in [1.82, 2.24) is 10.6 Å². The van der Waals surface area contributed by atoms with Crippen molar-refractivity contribution in [2.75, 3.05) is 20.3 Å². The number of fused-ring (bicyclic) bond motifs is 1. The minimum absolute atomic E-state index is 0.0618. The summed E-state index contributed by atoms with van der Waals surface area (Å²) in [6, 6.07) is 19.0. The number of hydrogen-bond acceptors (Lipinski definition) is 9. The van der Waals surface area contributed by atoms with Crippen LogP contribution in [0.5, 0.6) is 5.75 Å². The smallest absolute Gasteiger partial charge is 0.359 e. The molecule has 0 unspecified atom stereocenters. The molecule has 0 aromatic heterocycles. The zero-order valence-electron chi connectivity index (χ0n) is 24.4. The number of rotatable bonds is 15. The third-order valence-electron chi connectivity index (χ3n) is 6.39. The Morgan fingerprint density at radius 3 is 2.09 bits per heavy atom. The van der Waals surface area contributed by atoms with E-state index in [1.807, 2.05) is 42.5 Å². The fourth-order valence-corrected chi connectivity index (χ4v) is 4.25. The van der Waals surface area contributed by atoms with Crippen LogP contribution in [0.3, 0.4) is 0 Å². The third kappa shape index (κ3) is 9.84. The summed E-state index contributed by atoms with van der Waals surface area (Å²) >= 11 is 0. The van der Waals surface area contributed by atoms with Gasteiger partial charge in [0, 0.05) is 19.4 Å². The number of benzene rings is 3. The Hall–Kier alpha value is -4.93. The highest BCUT2D eigenvalue weighted by Gasteiger charge is 2.32. The first kappa shape index (κ1) is 32.6. The van der Waals surface area contributed by atoms with Crippen LogP contribution in [0.2, 0.25) is 0 Å². The molecule has 0 fully saturated rings. The summed E-state index contributed by atoms with van der Waals surface area (Å²) in [5, 5.41) is 7.66. The van der Waals surface area contributed by atoms with Crippen LogP contribution in [-0.4, -0.2) is 62.2 Å². The quantitative estimate of drug-likeness (QED) is 0.154. The maximum Gasteiger partial charge on any atom is 0.359 e. The molecule has 0 aliphatic rings. The Morgan fingerprint density at radius 2 is 1.44 bits per heavy atom. The lowest BCUT2D eigenvalue weighted by Crippen LogP contribution is -2.47. The topological polar surface area (TPSA) is 146 Å². The number of methoxy groups -OCH3 is 1. The standard InChI is InChI=1S/C32H36N2O9/c1-4-41-31(38)29(32(39)42-5-2)43-24-15-13-21(14-16-24)19-26(34-27(35)17-18-28(36)40-3)30(37)33-20-23-11-8-10-22-9-6-7-12-25(22)23/h6-16,26,29H,4-5,17-20H2,1-3H3,(H,33,37)(H,34,35)/t26-/m0/s1. The molecule has 11 nitrogen and oxygen atoms in total. The number of ether oxygens (including phenoxy) is 4. The molecule has 0 saturated heterocycles. The lowest BCUT2D eigenvalue weighted by Gasteiger charge is -2.20. The SMILES string of the molecule is CCOC(=O)C(Oc1ccc(C[C@H](NC(=O)CCC(=O)OC)C(=O)NCc2cccc3ccccc23)cc1)C(=O)OCC. The molecule has 0 radical (unpaired) electrons. The highest BCUT2D eigenvalue weighted by molar-refractivity contribution is 5.98. The lowest BCUT2D eigenvalue weighted by molar-refractivity contribution is -0.166. The van der Waals surface area contributed by atoms with Crippen molar-refractivity contribution < 1.29 is 42.9 Å². The predicted octanol–water partition coefficient (Wildman–Crippen LogP) is 3.01. The summed E-state index contributed by atoms with van der Waals surface area (Å²) in [7, 11) is 1.23. The van der Waals surface area contributed by atoms with Crippen LogP contribution in [0, 0.1) is 0 Å². The van der Waals surface area contributed by atoms with E-state index in [0.717, 1.165) is 16.3 Å². The number of carbonyl (C=O) groups excluding carboxylic acids is 5. The normalized spacial score (nSPS) is 11.3. The van der Waals surface area contributed by atoms with Crippen molar-refractivity contribution in [1.29, 1.82) is 0 Å². The second-order valence-corrected chi connectivity index (χ2v) is 9.40. The van der Waals surface area contributed by atoms with Crippen molar-refractivity contribution in [3.05, 3.63) is 77.9 Å². The molecular formula is C32H36N2O9. The van der Waals surface area contributed by atoms with E-state index in [-0.39, 0.29) is 44.8 Å². The first-order chi connectivity index (χ1) is 20.7. The van der Waals surface area contributed by atoms with Gasteiger partial charge in [0.2, 0.25) is 11.8 Å². The summed E-state index contributed by atoms with van der Waals surface area (Å²) in [6.07, 6.45) is -1.74. The Balaban J connectivity index is 1.73. The molecule has 0 spiro atoms. The molecule has 0 saturated carbocycles. The van der Waals surface area contributed by atoms with Crippen LogP contribution in [-0.2, 0) is 51.1 Å². The second-order valence-electron chi connectivity index (χ2n) is 9.40. The summed E-state index contributed by atoms with van der Waals surface area (Å²) in [4.78, 5) is 61.9. The minimum Gasteiger partial charge on any atom is -0.469 e. The van der Waals surface area contributed by atoms with Gasteiger partial charge in [-0.1, -0.05) is 54.6 Å². The van der Waals surface area contributed by atoms with E-state index in [9.17, 15) is 24.0 Å². The minimum atomic E-state index is -1.59. The Labute approximate surface area is 249 Å².